The highest BCUT2D eigenvalue weighted by Crippen LogP contribution is 2.35. The van der Waals surface area contributed by atoms with Crippen LogP contribution < -0.4 is 14.8 Å². The fourth-order valence-electron chi connectivity index (χ4n) is 3.18. The number of carbonyl (C=O) groups is 1. The Hall–Kier alpha value is -3.07. The summed E-state index contributed by atoms with van der Waals surface area (Å²) in [7, 11) is 0. The first kappa shape index (κ1) is 21.2. The van der Waals surface area contributed by atoms with Crippen LogP contribution in [0.15, 0.2) is 47.6 Å². The van der Waals surface area contributed by atoms with Gasteiger partial charge in [0.1, 0.15) is 5.82 Å². The molecule has 1 aliphatic heterocycles. The van der Waals surface area contributed by atoms with Gasteiger partial charge in [-0.2, -0.15) is 0 Å². The maximum atomic E-state index is 14.4. The number of nitrogens with one attached hydrogen (secondary N) is 1. The monoisotopic (exact) mass is 442 g/mol. The number of aromatic nitrogens is 3. The topological polar surface area (TPSA) is 78.3 Å². The lowest BCUT2D eigenvalue weighted by Crippen LogP contribution is -2.23. The summed E-state index contributed by atoms with van der Waals surface area (Å²) in [6.45, 7) is 6.71. The van der Waals surface area contributed by atoms with Gasteiger partial charge in [0.2, 0.25) is 12.7 Å². The summed E-state index contributed by atoms with van der Waals surface area (Å²) in [6.07, 6.45) is 0. The van der Waals surface area contributed by atoms with Gasteiger partial charge < -0.3 is 19.4 Å². The van der Waals surface area contributed by atoms with Crippen LogP contribution in [0.3, 0.4) is 0 Å². The third kappa shape index (κ3) is 4.66. The van der Waals surface area contributed by atoms with Gasteiger partial charge in [-0.3, -0.25) is 4.79 Å². The zero-order valence-corrected chi connectivity index (χ0v) is 18.3. The molecule has 0 aliphatic carbocycles. The fourth-order valence-corrected chi connectivity index (χ4v) is 4.04. The number of rotatable bonds is 7. The first-order chi connectivity index (χ1) is 14.9. The zero-order chi connectivity index (χ0) is 22.0. The van der Waals surface area contributed by atoms with Gasteiger partial charge >= 0.3 is 0 Å². The summed E-state index contributed by atoms with van der Waals surface area (Å²) in [5, 5.41) is 11.5. The molecule has 1 N–H and O–H groups in total. The molecule has 0 spiro atoms. The molecule has 2 heterocycles. The smallest absolute Gasteiger partial charge is 0.237 e. The second kappa shape index (κ2) is 8.97. The molecule has 0 unspecified atom stereocenters. The Kier molecular flexibility index (Phi) is 6.13. The minimum atomic E-state index is -0.450. The van der Waals surface area contributed by atoms with Crippen LogP contribution in [0.5, 0.6) is 11.5 Å². The fraction of sp³-hybridized carbons (Fsp3) is 0.318. The number of hydrogen-bond acceptors (Lipinski definition) is 6. The number of ether oxygens (including phenoxy) is 2. The van der Waals surface area contributed by atoms with Crippen molar-refractivity contribution >= 4 is 23.4 Å². The maximum absolute atomic E-state index is 14.4. The van der Waals surface area contributed by atoms with E-state index in [1.807, 2.05) is 4.57 Å². The molecular weight excluding hydrogens is 419 g/mol. The number of halogens is 1. The van der Waals surface area contributed by atoms with E-state index in [2.05, 4.69) is 29.4 Å². The largest absolute Gasteiger partial charge is 0.454 e. The van der Waals surface area contributed by atoms with Crippen molar-refractivity contribution in [2.24, 2.45) is 5.92 Å². The summed E-state index contributed by atoms with van der Waals surface area (Å²) in [5.41, 5.74) is 1.01. The van der Waals surface area contributed by atoms with Crippen LogP contribution in [-0.2, 0) is 11.3 Å². The van der Waals surface area contributed by atoms with E-state index < -0.39 is 5.25 Å². The van der Waals surface area contributed by atoms with E-state index in [9.17, 15) is 9.18 Å². The predicted octanol–water partition coefficient (Wildman–Crippen LogP) is 4.59. The molecule has 162 valence electrons. The highest BCUT2D eigenvalue weighted by molar-refractivity contribution is 8.00. The van der Waals surface area contributed by atoms with Gasteiger partial charge in [0.05, 0.1) is 10.8 Å². The van der Waals surface area contributed by atoms with E-state index >= 15 is 0 Å². The second-order valence-corrected chi connectivity index (χ2v) is 8.92. The van der Waals surface area contributed by atoms with Gasteiger partial charge in [-0.05, 0) is 37.1 Å². The van der Waals surface area contributed by atoms with Gasteiger partial charge in [0.25, 0.3) is 0 Å². The summed E-state index contributed by atoms with van der Waals surface area (Å²) in [6, 6.07) is 11.7. The summed E-state index contributed by atoms with van der Waals surface area (Å²) < 4.78 is 26.9. The number of amides is 1. The molecule has 31 heavy (non-hydrogen) atoms. The third-order valence-electron chi connectivity index (χ3n) is 4.67. The lowest BCUT2D eigenvalue weighted by atomic mass is 10.2. The molecule has 4 rings (SSSR count). The zero-order valence-electron chi connectivity index (χ0n) is 17.5. The number of thioether (sulfide) groups is 1. The highest BCUT2D eigenvalue weighted by atomic mass is 32.2. The van der Waals surface area contributed by atoms with Gasteiger partial charge in [-0.15, -0.1) is 10.2 Å². The molecule has 0 fully saturated rings. The average molecular weight is 443 g/mol. The van der Waals surface area contributed by atoms with E-state index in [0.717, 1.165) is 0 Å². The molecule has 0 bridgehead atoms. The highest BCUT2D eigenvalue weighted by Gasteiger charge is 2.23. The Morgan fingerprint density at radius 1 is 1.16 bits per heavy atom. The molecule has 0 saturated carbocycles. The van der Waals surface area contributed by atoms with Crippen molar-refractivity contribution in [1.82, 2.24) is 14.8 Å². The average Bonchev–Trinajstić information content (AvgIpc) is 3.35. The number of carbonyl (C=O) groups excluding carboxylic acids is 1. The maximum Gasteiger partial charge on any atom is 0.237 e. The molecule has 2 aromatic carbocycles. The van der Waals surface area contributed by atoms with E-state index in [1.165, 1.54) is 17.8 Å². The molecule has 1 atom stereocenters. The Labute approximate surface area is 184 Å². The SMILES string of the molecule is CC(C)Cn1c(S[C@@H](C)C(=O)Nc2ccc3c(c2)OCO3)nnc1-c1ccccc1F. The Bertz CT molecular complexity index is 1100. The van der Waals surface area contributed by atoms with Crippen LogP contribution in [-0.4, -0.2) is 32.7 Å². The van der Waals surface area contributed by atoms with Crippen molar-refractivity contribution in [2.45, 2.75) is 37.7 Å². The Morgan fingerprint density at radius 2 is 1.94 bits per heavy atom. The van der Waals surface area contributed by atoms with Crippen LogP contribution in [0.4, 0.5) is 10.1 Å². The third-order valence-corrected chi connectivity index (χ3v) is 5.75. The molecule has 3 aromatic rings. The predicted molar refractivity (Wildman–Crippen MR) is 117 cm³/mol. The van der Waals surface area contributed by atoms with Crippen LogP contribution in [0.25, 0.3) is 11.4 Å². The Morgan fingerprint density at radius 3 is 2.71 bits per heavy atom. The molecular formula is C22H23FN4O3S. The van der Waals surface area contributed by atoms with Crippen molar-refractivity contribution in [3.05, 3.63) is 48.3 Å². The molecule has 1 amide bonds. The molecule has 9 heteroatoms. The lowest BCUT2D eigenvalue weighted by molar-refractivity contribution is -0.115. The number of benzene rings is 2. The van der Waals surface area contributed by atoms with Crippen molar-refractivity contribution in [2.75, 3.05) is 12.1 Å². The normalized spacial score (nSPS) is 13.5. The number of hydrogen-bond donors (Lipinski definition) is 1. The summed E-state index contributed by atoms with van der Waals surface area (Å²) in [5.74, 6) is 1.46. The van der Waals surface area contributed by atoms with Gasteiger partial charge in [0, 0.05) is 18.3 Å². The minimum absolute atomic E-state index is 0.175. The van der Waals surface area contributed by atoms with E-state index in [4.69, 9.17) is 9.47 Å². The van der Waals surface area contributed by atoms with Gasteiger partial charge in [-0.1, -0.05) is 37.7 Å². The molecule has 0 saturated heterocycles. The van der Waals surface area contributed by atoms with Crippen molar-refractivity contribution in [3.8, 4) is 22.9 Å². The Balaban J connectivity index is 1.52. The van der Waals surface area contributed by atoms with Crippen molar-refractivity contribution in [1.29, 1.82) is 0 Å². The minimum Gasteiger partial charge on any atom is -0.454 e. The molecule has 0 radical (unpaired) electrons. The van der Waals surface area contributed by atoms with Gasteiger partial charge in [0.15, 0.2) is 22.5 Å². The number of nitrogens with zero attached hydrogens (tertiary/aromatic N) is 3. The standard InChI is InChI=1S/C22H23FN4O3S/c1-13(2)11-27-20(16-6-4-5-7-17(16)23)25-26-22(27)31-14(3)21(28)24-15-8-9-18-19(10-15)30-12-29-18/h4-10,13-14H,11-12H2,1-3H3,(H,24,28)/t14-/m0/s1. The van der Waals surface area contributed by atoms with Gasteiger partial charge in [-0.25, -0.2) is 4.39 Å². The lowest BCUT2D eigenvalue weighted by Gasteiger charge is -2.15. The molecule has 1 aliphatic rings. The second-order valence-electron chi connectivity index (χ2n) is 7.61. The quantitative estimate of drug-likeness (QED) is 0.540. The first-order valence-electron chi connectivity index (χ1n) is 9.97. The van der Waals surface area contributed by atoms with Crippen molar-refractivity contribution in [3.63, 3.8) is 0 Å². The van der Waals surface area contributed by atoms with Crippen LogP contribution >= 0.6 is 11.8 Å². The van der Waals surface area contributed by atoms with E-state index in [0.29, 0.717) is 46.2 Å². The first-order valence-corrected chi connectivity index (χ1v) is 10.9. The number of anilines is 1. The summed E-state index contributed by atoms with van der Waals surface area (Å²) >= 11 is 1.29. The van der Waals surface area contributed by atoms with Crippen molar-refractivity contribution < 1.29 is 18.7 Å². The summed E-state index contributed by atoms with van der Waals surface area (Å²) in [4.78, 5) is 12.8. The van der Waals surface area contributed by atoms with Crippen LogP contribution in [0.1, 0.15) is 20.8 Å². The molecule has 1 aromatic heterocycles. The van der Waals surface area contributed by atoms with Crippen LogP contribution in [0.2, 0.25) is 0 Å². The van der Waals surface area contributed by atoms with Crippen LogP contribution in [0, 0.1) is 11.7 Å². The molecule has 7 nitrogen and oxygen atoms in total. The van der Waals surface area contributed by atoms with E-state index in [1.54, 1.807) is 43.3 Å². The van der Waals surface area contributed by atoms with E-state index in [-0.39, 0.29) is 18.5 Å². The number of fused-ring (bicyclic) bond motifs is 1.